The first kappa shape index (κ1) is 23.9. The van der Waals surface area contributed by atoms with Crippen LogP contribution in [0.4, 0.5) is 18.0 Å². The number of urea groups is 1. The van der Waals surface area contributed by atoms with E-state index in [0.717, 1.165) is 88.5 Å². The Kier molecular flexibility index (Phi) is 4.86. The van der Waals surface area contributed by atoms with Crippen LogP contribution in [-0.2, 0) is 18.1 Å². The highest BCUT2D eigenvalue weighted by Crippen LogP contribution is 2.57. The van der Waals surface area contributed by atoms with E-state index in [4.69, 9.17) is 11.0 Å². The van der Waals surface area contributed by atoms with Gasteiger partial charge in [-0.05, 0) is 74.6 Å². The SMILES string of the molecule is N#Cc1cc(CC2CC3(C2)CN(C(=O)N2CC4(CC(c5nc(C6(N)CC6)n[nH]5)C4)C2)C3)cc(C(F)(F)F)c1. The van der Waals surface area contributed by atoms with Crippen LogP contribution in [0, 0.1) is 28.1 Å². The Bertz CT molecular complexity index is 1330. The van der Waals surface area contributed by atoms with Gasteiger partial charge in [-0.3, -0.25) is 5.10 Å². The van der Waals surface area contributed by atoms with Crippen molar-refractivity contribution in [2.75, 3.05) is 26.2 Å². The summed E-state index contributed by atoms with van der Waals surface area (Å²) in [5.74, 6) is 2.29. The molecule has 200 valence electrons. The molecule has 8 nitrogen and oxygen atoms in total. The number of benzene rings is 1. The number of H-pyrrole nitrogens is 1. The third kappa shape index (κ3) is 3.87. The Labute approximate surface area is 218 Å². The maximum atomic E-state index is 13.2. The Morgan fingerprint density at radius 2 is 1.71 bits per heavy atom. The Morgan fingerprint density at radius 1 is 1.08 bits per heavy atom. The minimum Gasteiger partial charge on any atom is -0.323 e. The Morgan fingerprint density at radius 3 is 2.29 bits per heavy atom. The molecule has 2 aromatic rings. The zero-order valence-corrected chi connectivity index (χ0v) is 21.0. The topological polar surface area (TPSA) is 115 Å². The van der Waals surface area contributed by atoms with Crippen LogP contribution in [0.15, 0.2) is 18.2 Å². The number of carbonyl (C=O) groups excluding carboxylic acids is 1. The van der Waals surface area contributed by atoms with E-state index in [2.05, 4.69) is 15.2 Å². The van der Waals surface area contributed by atoms with Crippen molar-refractivity contribution < 1.29 is 18.0 Å². The van der Waals surface area contributed by atoms with Crippen molar-refractivity contribution in [3.8, 4) is 6.07 Å². The van der Waals surface area contributed by atoms with E-state index < -0.39 is 11.7 Å². The van der Waals surface area contributed by atoms with Crippen molar-refractivity contribution in [2.24, 2.45) is 22.5 Å². The lowest BCUT2D eigenvalue weighted by molar-refractivity contribution is -0.137. The summed E-state index contributed by atoms with van der Waals surface area (Å²) in [6.45, 7) is 3.02. The zero-order valence-electron chi connectivity index (χ0n) is 21.0. The third-order valence-electron chi connectivity index (χ3n) is 9.55. The number of likely N-dealkylation sites (tertiary alicyclic amines) is 2. The predicted molar refractivity (Wildman–Crippen MR) is 129 cm³/mol. The van der Waals surface area contributed by atoms with E-state index in [1.165, 1.54) is 0 Å². The molecule has 3 aliphatic carbocycles. The quantitative estimate of drug-likeness (QED) is 0.629. The van der Waals surface area contributed by atoms with E-state index in [-0.39, 0.29) is 33.9 Å². The number of hydrogen-bond acceptors (Lipinski definition) is 5. The van der Waals surface area contributed by atoms with Crippen LogP contribution >= 0.6 is 0 Å². The Hall–Kier alpha value is -3.13. The highest BCUT2D eigenvalue weighted by molar-refractivity contribution is 5.77. The number of halogens is 3. The van der Waals surface area contributed by atoms with Gasteiger partial charge < -0.3 is 15.5 Å². The van der Waals surface area contributed by atoms with Gasteiger partial charge in [0.05, 0.1) is 22.7 Å². The van der Waals surface area contributed by atoms with E-state index in [9.17, 15) is 18.0 Å². The maximum Gasteiger partial charge on any atom is 0.416 e. The van der Waals surface area contributed by atoms with Crippen LogP contribution in [0.3, 0.4) is 0 Å². The van der Waals surface area contributed by atoms with Crippen LogP contribution in [0.1, 0.15) is 72.8 Å². The largest absolute Gasteiger partial charge is 0.416 e. The monoisotopic (exact) mass is 525 g/mol. The molecule has 3 heterocycles. The molecule has 11 heteroatoms. The van der Waals surface area contributed by atoms with E-state index in [0.29, 0.717) is 17.9 Å². The van der Waals surface area contributed by atoms with E-state index >= 15 is 0 Å². The molecule has 0 atom stereocenters. The standard InChI is InChI=1S/C27H30F3N7O/c28-27(29,30)20-5-16(3-17(6-20)11-31)4-18-7-24(8-18)12-36(13-24)23(38)37-14-25(15-37)9-19(10-25)21-33-22(35-34-21)26(32)1-2-26/h3,5-6,18-19H,1-2,4,7-10,12-15,32H2,(H,33,34,35). The number of aromatic nitrogens is 3. The van der Waals surface area contributed by atoms with Gasteiger partial charge in [-0.2, -0.15) is 23.5 Å². The van der Waals surface area contributed by atoms with Crippen LogP contribution in [0.25, 0.3) is 0 Å². The number of nitrogens with zero attached hydrogens (tertiary/aromatic N) is 5. The second-order valence-corrected chi connectivity index (χ2v) is 12.8. The molecule has 3 N–H and O–H groups in total. The number of amides is 2. The Balaban J connectivity index is 0.865. The molecular weight excluding hydrogens is 495 g/mol. The number of nitrogens with two attached hydrogens (primary N) is 1. The summed E-state index contributed by atoms with van der Waals surface area (Å²) >= 11 is 0. The third-order valence-corrected chi connectivity index (χ3v) is 9.55. The molecule has 7 rings (SSSR count). The van der Waals surface area contributed by atoms with Crippen molar-refractivity contribution in [2.45, 2.75) is 62.6 Å². The molecule has 5 fully saturated rings. The number of rotatable bonds is 4. The summed E-state index contributed by atoms with van der Waals surface area (Å²) in [6, 6.07) is 5.57. The van der Waals surface area contributed by atoms with E-state index in [1.54, 1.807) is 6.07 Å². The van der Waals surface area contributed by atoms with Crippen LogP contribution < -0.4 is 5.73 Å². The average Bonchev–Trinajstić information content (AvgIpc) is 3.32. The highest BCUT2D eigenvalue weighted by atomic mass is 19.4. The summed E-state index contributed by atoms with van der Waals surface area (Å²) in [4.78, 5) is 21.5. The summed E-state index contributed by atoms with van der Waals surface area (Å²) in [7, 11) is 0. The van der Waals surface area contributed by atoms with Crippen molar-refractivity contribution in [3.05, 3.63) is 46.5 Å². The van der Waals surface area contributed by atoms with Gasteiger partial charge in [0.25, 0.3) is 0 Å². The molecule has 0 radical (unpaired) electrons. The fraction of sp³-hybridized carbons (Fsp3) is 0.630. The number of alkyl halides is 3. The molecule has 38 heavy (non-hydrogen) atoms. The van der Waals surface area contributed by atoms with Crippen molar-refractivity contribution >= 4 is 6.03 Å². The molecule has 3 saturated carbocycles. The summed E-state index contributed by atoms with van der Waals surface area (Å²) < 4.78 is 39.5. The molecular formula is C27H30F3N7O. The lowest BCUT2D eigenvalue weighted by atomic mass is 9.56. The molecule has 2 saturated heterocycles. The van der Waals surface area contributed by atoms with Gasteiger partial charge in [0, 0.05) is 42.9 Å². The second-order valence-electron chi connectivity index (χ2n) is 12.8. The molecule has 2 amide bonds. The first-order chi connectivity index (χ1) is 18.0. The highest BCUT2D eigenvalue weighted by Gasteiger charge is 2.59. The second kappa shape index (κ2) is 7.72. The van der Waals surface area contributed by atoms with Gasteiger partial charge in [-0.1, -0.05) is 0 Å². The van der Waals surface area contributed by atoms with Gasteiger partial charge in [-0.15, -0.1) is 0 Å². The zero-order chi connectivity index (χ0) is 26.5. The van der Waals surface area contributed by atoms with Crippen LogP contribution in [0.5, 0.6) is 0 Å². The number of hydrogen-bond donors (Lipinski definition) is 2. The summed E-state index contributed by atoms with van der Waals surface area (Å²) in [5.41, 5.74) is 6.01. The lowest BCUT2D eigenvalue weighted by Gasteiger charge is -2.63. The van der Waals surface area contributed by atoms with Crippen LogP contribution in [0.2, 0.25) is 0 Å². The molecule has 1 aromatic carbocycles. The molecule has 1 aromatic heterocycles. The summed E-state index contributed by atoms with van der Waals surface area (Å²) in [6.07, 6.45) is 1.78. The molecule has 0 unspecified atom stereocenters. The molecule has 5 aliphatic rings. The maximum absolute atomic E-state index is 13.2. The van der Waals surface area contributed by atoms with Crippen molar-refractivity contribution in [3.63, 3.8) is 0 Å². The van der Waals surface area contributed by atoms with Gasteiger partial charge in [0.15, 0.2) is 5.82 Å². The van der Waals surface area contributed by atoms with Crippen molar-refractivity contribution in [1.29, 1.82) is 5.26 Å². The number of aromatic amines is 1. The average molecular weight is 526 g/mol. The minimum atomic E-state index is -4.46. The van der Waals surface area contributed by atoms with Crippen LogP contribution in [-0.4, -0.2) is 57.2 Å². The fourth-order valence-corrected chi connectivity index (χ4v) is 7.41. The molecule has 2 spiro atoms. The van der Waals surface area contributed by atoms with Gasteiger partial charge in [0.1, 0.15) is 5.82 Å². The minimum absolute atomic E-state index is 0.0437. The fourth-order valence-electron chi connectivity index (χ4n) is 7.41. The first-order valence-corrected chi connectivity index (χ1v) is 13.3. The number of nitrogens with one attached hydrogen (secondary N) is 1. The number of carbonyl (C=O) groups is 1. The van der Waals surface area contributed by atoms with E-state index in [1.807, 2.05) is 15.9 Å². The smallest absolute Gasteiger partial charge is 0.323 e. The predicted octanol–water partition coefficient (Wildman–Crippen LogP) is 3.90. The van der Waals surface area contributed by atoms with Crippen molar-refractivity contribution in [1.82, 2.24) is 25.0 Å². The van der Waals surface area contributed by atoms with Gasteiger partial charge in [0.2, 0.25) is 0 Å². The van der Waals surface area contributed by atoms with Gasteiger partial charge >= 0.3 is 12.2 Å². The summed E-state index contributed by atoms with van der Waals surface area (Å²) in [5, 5.41) is 16.5. The molecule has 0 bridgehead atoms. The normalized spacial score (nSPS) is 24.8. The molecule has 2 aliphatic heterocycles. The lowest BCUT2D eigenvalue weighted by Crippen LogP contribution is -2.70. The number of nitriles is 1. The van der Waals surface area contributed by atoms with Gasteiger partial charge in [-0.25, -0.2) is 9.78 Å². The first-order valence-electron chi connectivity index (χ1n) is 13.3.